The van der Waals surface area contributed by atoms with Crippen molar-refractivity contribution >= 4 is 23.0 Å². The molecule has 1 saturated heterocycles. The van der Waals surface area contributed by atoms with Gasteiger partial charge >= 0.3 is 0 Å². The van der Waals surface area contributed by atoms with Crippen molar-refractivity contribution < 1.29 is 19.4 Å². The SMILES string of the molecule is N#Cc1cnn2c(-c3cc(NC45CCC(O)(CC4)CC5)c(C(=O)NCC(=O)N4CCOCC4)cn3)ccc2c1. The Bertz CT molecular complexity index is 1450. The van der Waals surface area contributed by atoms with E-state index >= 15 is 0 Å². The third kappa shape index (κ3) is 4.93. The summed E-state index contributed by atoms with van der Waals surface area (Å²) in [5.74, 6) is -0.528. The van der Waals surface area contributed by atoms with E-state index in [1.807, 2.05) is 18.2 Å². The van der Waals surface area contributed by atoms with Crippen LogP contribution < -0.4 is 10.6 Å². The van der Waals surface area contributed by atoms with Crippen LogP contribution in [0.15, 0.2) is 36.7 Å². The number of fused-ring (bicyclic) bond motifs is 4. The maximum atomic E-state index is 13.4. The summed E-state index contributed by atoms with van der Waals surface area (Å²) in [4.78, 5) is 32.3. The molecule has 1 aliphatic heterocycles. The van der Waals surface area contributed by atoms with Gasteiger partial charge in [0.2, 0.25) is 5.91 Å². The number of carbonyl (C=O) groups is 2. The predicted molar refractivity (Wildman–Crippen MR) is 142 cm³/mol. The van der Waals surface area contributed by atoms with Gasteiger partial charge < -0.3 is 25.4 Å². The number of nitrogens with one attached hydrogen (secondary N) is 2. The molecule has 2 bridgehead atoms. The predicted octanol–water partition coefficient (Wildman–Crippen LogP) is 2.11. The van der Waals surface area contributed by atoms with Gasteiger partial charge in [0, 0.05) is 24.8 Å². The van der Waals surface area contributed by atoms with Crippen LogP contribution in [0.3, 0.4) is 0 Å². The first-order chi connectivity index (χ1) is 18.9. The van der Waals surface area contributed by atoms with Crippen LogP contribution in [0.5, 0.6) is 0 Å². The normalized spacial score (nSPS) is 24.4. The van der Waals surface area contributed by atoms with Gasteiger partial charge in [-0.15, -0.1) is 0 Å². The lowest BCUT2D eigenvalue weighted by Crippen LogP contribution is -2.54. The van der Waals surface area contributed by atoms with E-state index in [9.17, 15) is 20.0 Å². The molecule has 4 heterocycles. The van der Waals surface area contributed by atoms with Crippen LogP contribution in [0.1, 0.15) is 54.4 Å². The number of hydrogen-bond donors (Lipinski definition) is 3. The fourth-order valence-corrected chi connectivity index (χ4v) is 5.95. The second-order valence-corrected chi connectivity index (χ2v) is 10.8. The Morgan fingerprint density at radius 3 is 2.54 bits per heavy atom. The number of hydrogen-bond acceptors (Lipinski definition) is 8. The third-order valence-electron chi connectivity index (χ3n) is 8.41. The zero-order valence-electron chi connectivity index (χ0n) is 21.7. The molecule has 2 amide bonds. The van der Waals surface area contributed by atoms with Crippen molar-refractivity contribution in [3.63, 3.8) is 0 Å². The summed E-state index contributed by atoms with van der Waals surface area (Å²) in [7, 11) is 0. The third-order valence-corrected chi connectivity index (χ3v) is 8.41. The van der Waals surface area contributed by atoms with Gasteiger partial charge in [-0.1, -0.05) is 0 Å². The van der Waals surface area contributed by atoms with Crippen LogP contribution in [-0.2, 0) is 9.53 Å². The topological polar surface area (TPSA) is 145 Å². The molecule has 4 fully saturated rings. The highest BCUT2D eigenvalue weighted by Crippen LogP contribution is 2.48. The Morgan fingerprint density at radius 2 is 1.82 bits per heavy atom. The standard InChI is InChI=1S/C28H31N7O4/c29-15-19-13-20-1-2-24(35(20)32-16-19)23-14-22(33-27-3-6-28(38,7-4-27)8-5-27)21(17-30-23)26(37)31-18-25(36)34-9-11-39-12-10-34/h1-2,13-14,16-17,38H,3-12,18H2,(H,30,33)(H,31,37). The molecular weight excluding hydrogens is 498 g/mol. The minimum absolute atomic E-state index is 0.104. The molecule has 0 unspecified atom stereocenters. The highest BCUT2D eigenvalue weighted by Gasteiger charge is 2.48. The van der Waals surface area contributed by atoms with E-state index in [1.165, 1.54) is 12.4 Å². The Labute approximate surface area is 225 Å². The monoisotopic (exact) mass is 529 g/mol. The number of nitrogens with zero attached hydrogens (tertiary/aromatic N) is 5. The highest BCUT2D eigenvalue weighted by molar-refractivity contribution is 6.01. The lowest BCUT2D eigenvalue weighted by atomic mass is 9.63. The molecule has 39 heavy (non-hydrogen) atoms. The Hall–Kier alpha value is -4.01. The summed E-state index contributed by atoms with van der Waals surface area (Å²) in [6.45, 7) is 1.92. The molecule has 7 rings (SSSR count). The van der Waals surface area contributed by atoms with E-state index in [-0.39, 0.29) is 23.9 Å². The summed E-state index contributed by atoms with van der Waals surface area (Å²) < 4.78 is 7.02. The molecule has 0 atom stereocenters. The van der Waals surface area contributed by atoms with E-state index in [4.69, 9.17) is 4.74 Å². The fraction of sp³-hybridized carbons (Fsp3) is 0.464. The van der Waals surface area contributed by atoms with E-state index < -0.39 is 5.60 Å². The number of nitriles is 1. The van der Waals surface area contributed by atoms with Gasteiger partial charge in [0.15, 0.2) is 0 Å². The molecule has 4 aliphatic rings. The lowest BCUT2D eigenvalue weighted by Gasteiger charge is -2.51. The van der Waals surface area contributed by atoms with Gasteiger partial charge in [-0.05, 0) is 62.8 Å². The number of amides is 2. The molecule has 11 nitrogen and oxygen atoms in total. The fourth-order valence-electron chi connectivity index (χ4n) is 5.95. The van der Waals surface area contributed by atoms with Crippen LogP contribution in [0.25, 0.3) is 16.9 Å². The highest BCUT2D eigenvalue weighted by atomic mass is 16.5. The summed E-state index contributed by atoms with van der Waals surface area (Å²) >= 11 is 0. The zero-order valence-corrected chi connectivity index (χ0v) is 21.7. The summed E-state index contributed by atoms with van der Waals surface area (Å²) in [5, 5.41) is 30.8. The van der Waals surface area contributed by atoms with Gasteiger partial charge in [0.25, 0.3) is 5.91 Å². The molecule has 3 aliphatic carbocycles. The van der Waals surface area contributed by atoms with Crippen molar-refractivity contribution in [3.05, 3.63) is 47.8 Å². The van der Waals surface area contributed by atoms with Gasteiger partial charge in [-0.2, -0.15) is 10.4 Å². The van der Waals surface area contributed by atoms with Crippen LogP contribution in [0, 0.1) is 11.3 Å². The molecule has 3 aromatic rings. The first kappa shape index (κ1) is 25.3. The van der Waals surface area contributed by atoms with E-state index in [2.05, 4.69) is 26.8 Å². The van der Waals surface area contributed by atoms with E-state index in [0.29, 0.717) is 48.8 Å². The quantitative estimate of drug-likeness (QED) is 0.440. The molecule has 0 radical (unpaired) electrons. The largest absolute Gasteiger partial charge is 0.390 e. The number of ether oxygens (including phenoxy) is 1. The van der Waals surface area contributed by atoms with Crippen LogP contribution >= 0.6 is 0 Å². The number of anilines is 1. The minimum atomic E-state index is -0.578. The maximum absolute atomic E-state index is 13.4. The number of rotatable bonds is 6. The van der Waals surface area contributed by atoms with Crippen LogP contribution in [-0.4, -0.2) is 80.4 Å². The second-order valence-electron chi connectivity index (χ2n) is 10.8. The van der Waals surface area contributed by atoms with Crippen molar-refractivity contribution in [1.82, 2.24) is 24.8 Å². The Morgan fingerprint density at radius 1 is 1.08 bits per heavy atom. The van der Waals surface area contributed by atoms with Crippen molar-refractivity contribution in [1.29, 1.82) is 5.26 Å². The van der Waals surface area contributed by atoms with Crippen molar-refractivity contribution in [2.45, 2.75) is 49.7 Å². The Kier molecular flexibility index (Phi) is 6.45. The molecule has 3 aromatic heterocycles. The first-order valence-corrected chi connectivity index (χ1v) is 13.4. The number of aliphatic hydroxyl groups is 1. The summed E-state index contributed by atoms with van der Waals surface area (Å²) in [6.07, 6.45) is 7.64. The zero-order chi connectivity index (χ0) is 27.0. The number of aromatic nitrogens is 3. The van der Waals surface area contributed by atoms with Gasteiger partial charge in [0.05, 0.1) is 65.3 Å². The average Bonchev–Trinajstić information content (AvgIpc) is 3.40. The molecule has 3 saturated carbocycles. The van der Waals surface area contributed by atoms with Crippen molar-refractivity contribution in [2.75, 3.05) is 38.2 Å². The lowest BCUT2D eigenvalue weighted by molar-refractivity contribution is -0.134. The Balaban J connectivity index is 1.30. The molecule has 0 spiro atoms. The average molecular weight is 530 g/mol. The van der Waals surface area contributed by atoms with Crippen LogP contribution in [0.2, 0.25) is 0 Å². The minimum Gasteiger partial charge on any atom is -0.390 e. The maximum Gasteiger partial charge on any atom is 0.255 e. The van der Waals surface area contributed by atoms with Crippen LogP contribution in [0.4, 0.5) is 5.69 Å². The van der Waals surface area contributed by atoms with Gasteiger partial charge in [0.1, 0.15) is 6.07 Å². The van der Waals surface area contributed by atoms with E-state index in [0.717, 1.165) is 49.7 Å². The second kappa shape index (κ2) is 9.94. The molecule has 11 heteroatoms. The van der Waals surface area contributed by atoms with Crippen molar-refractivity contribution in [2.24, 2.45) is 0 Å². The first-order valence-electron chi connectivity index (χ1n) is 13.4. The van der Waals surface area contributed by atoms with Gasteiger partial charge in [-0.25, -0.2) is 4.52 Å². The smallest absolute Gasteiger partial charge is 0.255 e. The number of morpholine rings is 1. The molecular formula is C28H31N7O4. The van der Waals surface area contributed by atoms with Crippen molar-refractivity contribution in [3.8, 4) is 17.5 Å². The molecule has 202 valence electrons. The summed E-state index contributed by atoms with van der Waals surface area (Å²) in [5.41, 5.74) is 2.77. The summed E-state index contributed by atoms with van der Waals surface area (Å²) in [6, 6.07) is 9.47. The molecule has 3 N–H and O–H groups in total. The number of pyridine rings is 1. The van der Waals surface area contributed by atoms with E-state index in [1.54, 1.807) is 15.5 Å². The van der Waals surface area contributed by atoms with Gasteiger partial charge in [-0.3, -0.25) is 14.6 Å². The number of carbonyl (C=O) groups excluding carboxylic acids is 2. The molecule has 0 aromatic carbocycles.